The maximum Gasteiger partial charge on any atom is 0.143 e. The van der Waals surface area contributed by atoms with Crippen molar-refractivity contribution >= 4 is 71.8 Å². The van der Waals surface area contributed by atoms with Crippen molar-refractivity contribution in [1.29, 1.82) is 0 Å². The third-order valence-corrected chi connectivity index (χ3v) is 14.1. The first-order chi connectivity index (χ1) is 33.1. The molecule has 0 saturated carbocycles. The van der Waals surface area contributed by atoms with E-state index in [1.54, 1.807) is 0 Å². The molecule has 12 aromatic rings. The van der Waals surface area contributed by atoms with Crippen LogP contribution in [0, 0.1) is 6.92 Å². The van der Waals surface area contributed by atoms with Crippen LogP contribution in [0.4, 0.5) is 11.4 Å². The number of para-hydroxylation sites is 4. The van der Waals surface area contributed by atoms with Gasteiger partial charge in [-0.05, 0) is 140 Å². The second-order valence-electron chi connectivity index (χ2n) is 18.2. The number of fused-ring (bicyclic) bond motifs is 9. The van der Waals surface area contributed by atoms with Crippen LogP contribution in [0.2, 0.25) is 0 Å². The lowest BCUT2D eigenvalue weighted by Crippen LogP contribution is -2.04. The van der Waals surface area contributed by atoms with E-state index in [1.165, 1.54) is 71.6 Å². The Kier molecular flexibility index (Phi) is 9.11. The summed E-state index contributed by atoms with van der Waals surface area (Å²) in [7, 11) is 0. The highest BCUT2D eigenvalue weighted by molar-refractivity contribution is 6.13. The van der Waals surface area contributed by atoms with E-state index in [0.717, 1.165) is 67.6 Å². The van der Waals surface area contributed by atoms with Gasteiger partial charge in [-0.1, -0.05) is 171 Å². The van der Waals surface area contributed by atoms with E-state index in [4.69, 9.17) is 4.42 Å². The van der Waals surface area contributed by atoms with Gasteiger partial charge in [-0.3, -0.25) is 0 Å². The minimum atomic E-state index is 0.455. The zero-order chi connectivity index (χ0) is 44.6. The molecule has 0 aliphatic heterocycles. The van der Waals surface area contributed by atoms with Gasteiger partial charge in [-0.25, -0.2) is 0 Å². The molecule has 0 saturated heterocycles. The quantitative estimate of drug-likeness (QED) is 0.162. The number of aromatic nitrogens is 1. The molecule has 0 fully saturated rings. The summed E-state index contributed by atoms with van der Waals surface area (Å²) in [5.41, 5.74) is 19.4. The maximum absolute atomic E-state index is 6.65. The van der Waals surface area contributed by atoms with Gasteiger partial charge >= 0.3 is 0 Å². The van der Waals surface area contributed by atoms with Crippen LogP contribution in [0.15, 0.2) is 217 Å². The number of aryl methyl sites for hydroxylation is 1. The molecule has 1 N–H and O–H groups in total. The minimum absolute atomic E-state index is 0.455. The lowest BCUT2D eigenvalue weighted by atomic mass is 9.90. The largest absolute Gasteiger partial charge is 0.455 e. The van der Waals surface area contributed by atoms with Crippen molar-refractivity contribution in [3.63, 3.8) is 0 Å². The number of hydrogen-bond acceptors (Lipinski definition) is 2. The Morgan fingerprint density at radius 2 is 1.18 bits per heavy atom. The Bertz CT molecular complexity index is 3970. The van der Waals surface area contributed by atoms with Crippen LogP contribution < -0.4 is 5.32 Å². The molecule has 318 valence electrons. The van der Waals surface area contributed by atoms with Gasteiger partial charge in [0.2, 0.25) is 0 Å². The average Bonchev–Trinajstić information content (AvgIpc) is 3.93. The Hall–Kier alpha value is -8.40. The van der Waals surface area contributed by atoms with Gasteiger partial charge in [-0.15, -0.1) is 0 Å². The Morgan fingerprint density at radius 1 is 0.493 bits per heavy atom. The molecule has 1 atom stereocenters. The Labute approximate surface area is 389 Å². The normalized spacial score (nSPS) is 13.6. The van der Waals surface area contributed by atoms with Crippen LogP contribution in [0.1, 0.15) is 36.1 Å². The molecule has 10 aromatic carbocycles. The molecule has 0 amide bonds. The number of nitrogens with one attached hydrogen (secondary N) is 1. The molecular weight excluding hydrogens is 813 g/mol. The van der Waals surface area contributed by atoms with E-state index in [-0.39, 0.29) is 0 Å². The van der Waals surface area contributed by atoms with Crippen molar-refractivity contribution in [1.82, 2.24) is 4.57 Å². The van der Waals surface area contributed by atoms with E-state index >= 15 is 0 Å². The monoisotopic (exact) mass is 858 g/mol. The summed E-state index contributed by atoms with van der Waals surface area (Å²) in [5.74, 6) is 0.455. The molecule has 1 aliphatic carbocycles. The molecule has 1 aliphatic rings. The van der Waals surface area contributed by atoms with Gasteiger partial charge < -0.3 is 14.3 Å². The van der Waals surface area contributed by atoms with Gasteiger partial charge in [0.1, 0.15) is 11.2 Å². The predicted molar refractivity (Wildman–Crippen MR) is 284 cm³/mol. The molecule has 0 radical (unpaired) electrons. The molecule has 2 heterocycles. The van der Waals surface area contributed by atoms with Crippen molar-refractivity contribution in [2.24, 2.45) is 0 Å². The lowest BCUT2D eigenvalue weighted by Gasteiger charge is -2.20. The Balaban J connectivity index is 0.930. The van der Waals surface area contributed by atoms with Crippen LogP contribution in [-0.2, 0) is 0 Å². The summed E-state index contributed by atoms with van der Waals surface area (Å²) in [6, 6.07) is 75.1. The summed E-state index contributed by atoms with van der Waals surface area (Å²) < 4.78 is 9.13. The summed E-state index contributed by atoms with van der Waals surface area (Å²) >= 11 is 0. The Morgan fingerprint density at radius 3 is 2.10 bits per heavy atom. The van der Waals surface area contributed by atoms with E-state index in [1.807, 2.05) is 6.07 Å². The number of benzene rings is 10. The van der Waals surface area contributed by atoms with Crippen LogP contribution in [-0.4, -0.2) is 4.57 Å². The van der Waals surface area contributed by atoms with Gasteiger partial charge in [0.15, 0.2) is 0 Å². The molecule has 13 rings (SSSR count). The number of rotatable bonds is 7. The van der Waals surface area contributed by atoms with Crippen molar-refractivity contribution < 1.29 is 4.42 Å². The molecule has 3 heteroatoms. The maximum atomic E-state index is 6.65. The number of furan rings is 1. The highest BCUT2D eigenvalue weighted by Gasteiger charge is 2.25. The summed E-state index contributed by atoms with van der Waals surface area (Å²) in [4.78, 5) is 0. The first kappa shape index (κ1) is 39.0. The first-order valence-electron chi connectivity index (χ1n) is 23.4. The average molecular weight is 859 g/mol. The zero-order valence-electron chi connectivity index (χ0n) is 37.4. The molecule has 0 spiro atoms. The zero-order valence-corrected chi connectivity index (χ0v) is 37.4. The highest BCUT2D eigenvalue weighted by Crippen LogP contribution is 2.45. The molecule has 0 bridgehead atoms. The third-order valence-electron chi connectivity index (χ3n) is 14.1. The lowest BCUT2D eigenvalue weighted by molar-refractivity contribution is 0.670. The van der Waals surface area contributed by atoms with Gasteiger partial charge in [0.25, 0.3) is 0 Å². The number of anilines is 2. The number of hydrogen-bond donors (Lipinski definition) is 1. The van der Waals surface area contributed by atoms with Crippen LogP contribution in [0.25, 0.3) is 111 Å². The number of nitrogens with zero attached hydrogens (tertiary/aromatic N) is 1. The van der Waals surface area contributed by atoms with E-state index in [2.05, 4.69) is 236 Å². The predicted octanol–water partition coefficient (Wildman–Crippen LogP) is 18.1. The van der Waals surface area contributed by atoms with Gasteiger partial charge in [0.05, 0.1) is 16.9 Å². The van der Waals surface area contributed by atoms with Crippen LogP contribution in [0.5, 0.6) is 0 Å². The summed E-state index contributed by atoms with van der Waals surface area (Å²) in [6.45, 7) is 4.57. The fraction of sp³-hybridized carbons (Fsp3) is 0.0625. The smallest absolute Gasteiger partial charge is 0.143 e. The molecular formula is C64H46N2O. The highest BCUT2D eigenvalue weighted by atomic mass is 16.3. The van der Waals surface area contributed by atoms with Gasteiger partial charge in [0, 0.05) is 38.7 Å². The van der Waals surface area contributed by atoms with Crippen LogP contribution in [0.3, 0.4) is 0 Å². The molecule has 2 aromatic heterocycles. The van der Waals surface area contributed by atoms with Gasteiger partial charge in [-0.2, -0.15) is 0 Å². The van der Waals surface area contributed by atoms with Crippen molar-refractivity contribution in [2.75, 3.05) is 5.32 Å². The number of allylic oxidation sites excluding steroid dienone is 1. The molecule has 3 nitrogen and oxygen atoms in total. The van der Waals surface area contributed by atoms with Crippen molar-refractivity contribution in [3.05, 3.63) is 229 Å². The third kappa shape index (κ3) is 6.42. The van der Waals surface area contributed by atoms with E-state index in [0.29, 0.717) is 5.92 Å². The fourth-order valence-electron chi connectivity index (χ4n) is 11.0. The molecule has 1 unspecified atom stereocenters. The second kappa shape index (κ2) is 15.6. The summed E-state index contributed by atoms with van der Waals surface area (Å²) in [5, 5.41) is 12.5. The van der Waals surface area contributed by atoms with E-state index in [9.17, 15) is 0 Å². The standard InChI is InChI=1S/C64H46N2O/c1-40-15-11-17-43-33-31-42-32-34-45(38-57(42)62(40)43)56-39-47(35-36-50(56)53-25-14-26-54-52-23-7-10-30-61(52)67-64(53)54)65-46-19-13-18-44(37-46)48-20-3-4-21-49(48)51-22-5-8-27-58(51)66-59-28-9-6-24-55(59)63-41(2)16-12-29-60(63)66/h3-15,17-39,41,65H,16H2,1-2H3. The first-order valence-corrected chi connectivity index (χ1v) is 23.4. The van der Waals surface area contributed by atoms with Crippen molar-refractivity contribution in [2.45, 2.75) is 26.2 Å². The van der Waals surface area contributed by atoms with Crippen molar-refractivity contribution in [3.8, 4) is 50.2 Å². The molecule has 67 heavy (non-hydrogen) atoms. The fourth-order valence-corrected chi connectivity index (χ4v) is 11.0. The second-order valence-corrected chi connectivity index (χ2v) is 18.2. The minimum Gasteiger partial charge on any atom is -0.455 e. The summed E-state index contributed by atoms with van der Waals surface area (Å²) in [6.07, 6.45) is 5.72. The van der Waals surface area contributed by atoms with E-state index < -0.39 is 0 Å². The topological polar surface area (TPSA) is 30.1 Å². The van der Waals surface area contributed by atoms with Crippen LogP contribution >= 0.6 is 0 Å². The SMILES string of the molecule is Cc1cccc2ccc3ccc(-c4cc(Nc5cccc(-c6ccccc6-c6ccccc6-n6c7c(c8ccccc86)C(C)CC=C7)c5)ccc4-c4cccc5c4oc4ccccc45)cc3c12.